The SMILES string of the molecule is CC12CCC(=O)N1C(C(=O)N1CCC(C(=O)Nc3ccccc3)CC1)CS2. The summed E-state index contributed by atoms with van der Waals surface area (Å²) in [6, 6.07) is 9.10. The first-order valence-electron chi connectivity index (χ1n) is 9.59. The number of amides is 3. The van der Waals surface area contributed by atoms with E-state index in [1.807, 2.05) is 40.1 Å². The molecule has 0 spiro atoms. The molecule has 3 aliphatic rings. The number of nitrogens with one attached hydrogen (secondary N) is 1. The summed E-state index contributed by atoms with van der Waals surface area (Å²) in [5, 5.41) is 2.95. The van der Waals surface area contributed by atoms with Crippen molar-refractivity contribution in [1.29, 1.82) is 0 Å². The molecule has 1 aromatic carbocycles. The molecule has 2 atom stereocenters. The summed E-state index contributed by atoms with van der Waals surface area (Å²) in [7, 11) is 0. The van der Waals surface area contributed by atoms with Crippen molar-refractivity contribution < 1.29 is 14.4 Å². The normalized spacial score (nSPS) is 28.3. The quantitative estimate of drug-likeness (QED) is 0.864. The van der Waals surface area contributed by atoms with Gasteiger partial charge in [-0.3, -0.25) is 14.4 Å². The van der Waals surface area contributed by atoms with Crippen molar-refractivity contribution in [1.82, 2.24) is 9.80 Å². The second-order valence-electron chi connectivity index (χ2n) is 7.72. The second-order valence-corrected chi connectivity index (χ2v) is 9.22. The largest absolute Gasteiger partial charge is 0.341 e. The van der Waals surface area contributed by atoms with E-state index < -0.39 is 0 Å². The molecule has 0 aliphatic carbocycles. The molecule has 1 aromatic rings. The summed E-state index contributed by atoms with van der Waals surface area (Å²) in [5.74, 6) is 0.759. The van der Waals surface area contributed by atoms with Crippen LogP contribution in [-0.4, -0.2) is 57.3 Å². The van der Waals surface area contributed by atoms with Crippen LogP contribution in [0.3, 0.4) is 0 Å². The third-order valence-electron chi connectivity index (χ3n) is 5.95. The Morgan fingerprint density at radius 1 is 1.19 bits per heavy atom. The molecule has 3 saturated heterocycles. The van der Waals surface area contributed by atoms with Gasteiger partial charge in [-0.2, -0.15) is 0 Å². The van der Waals surface area contributed by atoms with Crippen LogP contribution in [0.2, 0.25) is 0 Å². The highest BCUT2D eigenvalue weighted by molar-refractivity contribution is 8.01. The lowest BCUT2D eigenvalue weighted by atomic mass is 9.95. The number of likely N-dealkylation sites (tertiary alicyclic amines) is 1. The van der Waals surface area contributed by atoms with Crippen LogP contribution >= 0.6 is 11.8 Å². The molecule has 0 radical (unpaired) electrons. The fourth-order valence-electron chi connectivity index (χ4n) is 4.34. The number of para-hydroxylation sites is 1. The molecule has 4 rings (SSSR count). The Labute approximate surface area is 163 Å². The molecule has 3 heterocycles. The van der Waals surface area contributed by atoms with Gasteiger partial charge in [0.1, 0.15) is 6.04 Å². The van der Waals surface area contributed by atoms with Crippen molar-refractivity contribution in [3.05, 3.63) is 30.3 Å². The Bertz CT molecular complexity index is 748. The Balaban J connectivity index is 1.33. The number of fused-ring (bicyclic) bond motifs is 1. The van der Waals surface area contributed by atoms with Crippen LogP contribution in [0.5, 0.6) is 0 Å². The highest BCUT2D eigenvalue weighted by Gasteiger charge is 2.53. The van der Waals surface area contributed by atoms with Gasteiger partial charge in [0.2, 0.25) is 17.7 Å². The highest BCUT2D eigenvalue weighted by Crippen LogP contribution is 2.47. The molecule has 3 amide bonds. The van der Waals surface area contributed by atoms with Gasteiger partial charge in [0.15, 0.2) is 0 Å². The van der Waals surface area contributed by atoms with Crippen molar-refractivity contribution in [3.63, 3.8) is 0 Å². The lowest BCUT2D eigenvalue weighted by molar-refractivity contribution is -0.145. The standard InChI is InChI=1S/C20H25N3O3S/c1-20-10-7-17(24)23(20)16(13-27-20)19(26)22-11-8-14(9-12-22)18(25)21-15-5-3-2-4-6-15/h2-6,14,16H,7-13H2,1H3,(H,21,25). The summed E-state index contributed by atoms with van der Waals surface area (Å²) in [6.45, 7) is 3.22. The van der Waals surface area contributed by atoms with E-state index in [2.05, 4.69) is 12.2 Å². The van der Waals surface area contributed by atoms with E-state index in [1.165, 1.54) is 0 Å². The molecular weight excluding hydrogens is 362 g/mol. The van der Waals surface area contributed by atoms with Crippen LogP contribution in [0.25, 0.3) is 0 Å². The average molecular weight is 388 g/mol. The lowest BCUT2D eigenvalue weighted by Gasteiger charge is -2.36. The first-order chi connectivity index (χ1) is 13.0. The molecule has 0 bridgehead atoms. The molecule has 27 heavy (non-hydrogen) atoms. The molecule has 0 saturated carbocycles. The number of carbonyl (C=O) groups is 3. The molecule has 0 aromatic heterocycles. The maximum atomic E-state index is 13.0. The van der Waals surface area contributed by atoms with E-state index in [1.54, 1.807) is 11.8 Å². The third-order valence-corrected chi connectivity index (χ3v) is 7.45. The Hall–Kier alpha value is -2.02. The minimum absolute atomic E-state index is 0.0204. The van der Waals surface area contributed by atoms with Crippen LogP contribution in [0.1, 0.15) is 32.6 Å². The number of hydrogen-bond donors (Lipinski definition) is 1. The van der Waals surface area contributed by atoms with Gasteiger partial charge in [-0.05, 0) is 38.3 Å². The topological polar surface area (TPSA) is 69.7 Å². The predicted octanol–water partition coefficient (Wildman–Crippen LogP) is 2.32. The maximum absolute atomic E-state index is 13.0. The third kappa shape index (κ3) is 3.45. The van der Waals surface area contributed by atoms with Gasteiger partial charge in [-0.1, -0.05) is 18.2 Å². The minimum atomic E-state index is -0.343. The van der Waals surface area contributed by atoms with E-state index >= 15 is 0 Å². The van der Waals surface area contributed by atoms with Crippen LogP contribution in [-0.2, 0) is 14.4 Å². The maximum Gasteiger partial charge on any atom is 0.246 e. The zero-order valence-corrected chi connectivity index (χ0v) is 16.3. The minimum Gasteiger partial charge on any atom is -0.341 e. The Kier molecular flexibility index (Phi) is 4.88. The van der Waals surface area contributed by atoms with E-state index in [9.17, 15) is 14.4 Å². The van der Waals surface area contributed by atoms with E-state index in [0.29, 0.717) is 38.1 Å². The van der Waals surface area contributed by atoms with Crippen molar-refractivity contribution in [3.8, 4) is 0 Å². The Morgan fingerprint density at radius 3 is 2.59 bits per heavy atom. The van der Waals surface area contributed by atoms with Gasteiger partial charge in [0, 0.05) is 36.9 Å². The van der Waals surface area contributed by atoms with Crippen molar-refractivity contribution in [2.24, 2.45) is 5.92 Å². The lowest BCUT2D eigenvalue weighted by Crippen LogP contribution is -2.53. The van der Waals surface area contributed by atoms with Crippen LogP contribution in [0, 0.1) is 5.92 Å². The van der Waals surface area contributed by atoms with Gasteiger partial charge in [-0.25, -0.2) is 0 Å². The smallest absolute Gasteiger partial charge is 0.246 e. The summed E-state index contributed by atoms with van der Waals surface area (Å²) >= 11 is 1.72. The van der Waals surface area contributed by atoms with Gasteiger partial charge >= 0.3 is 0 Å². The summed E-state index contributed by atoms with van der Waals surface area (Å²) in [4.78, 5) is 41.2. The number of anilines is 1. The van der Waals surface area contributed by atoms with Crippen LogP contribution < -0.4 is 5.32 Å². The second kappa shape index (κ2) is 7.19. The molecular formula is C20H25N3O3S. The molecule has 6 nitrogen and oxygen atoms in total. The summed E-state index contributed by atoms with van der Waals surface area (Å²) in [6.07, 6.45) is 2.68. The fraction of sp³-hybridized carbons (Fsp3) is 0.550. The number of benzene rings is 1. The summed E-state index contributed by atoms with van der Waals surface area (Å²) in [5.41, 5.74) is 0.802. The number of carbonyl (C=O) groups excluding carboxylic acids is 3. The summed E-state index contributed by atoms with van der Waals surface area (Å²) < 4.78 is 0. The molecule has 3 fully saturated rings. The number of rotatable bonds is 3. The Morgan fingerprint density at radius 2 is 1.89 bits per heavy atom. The highest BCUT2D eigenvalue weighted by atomic mass is 32.2. The van der Waals surface area contributed by atoms with Gasteiger partial charge < -0.3 is 15.1 Å². The number of nitrogens with zero attached hydrogens (tertiary/aromatic N) is 2. The first kappa shape index (κ1) is 18.3. The zero-order chi connectivity index (χ0) is 19.0. The average Bonchev–Trinajstić information content (AvgIpc) is 3.18. The molecule has 7 heteroatoms. The number of hydrogen-bond acceptors (Lipinski definition) is 4. The van der Waals surface area contributed by atoms with Crippen LogP contribution in [0.4, 0.5) is 5.69 Å². The molecule has 3 aliphatic heterocycles. The van der Waals surface area contributed by atoms with E-state index in [0.717, 1.165) is 12.1 Å². The fourth-order valence-corrected chi connectivity index (χ4v) is 5.77. The van der Waals surface area contributed by atoms with Crippen LogP contribution in [0.15, 0.2) is 30.3 Å². The predicted molar refractivity (Wildman–Crippen MR) is 105 cm³/mol. The van der Waals surface area contributed by atoms with Crippen molar-refractivity contribution in [2.75, 3.05) is 24.2 Å². The van der Waals surface area contributed by atoms with Crippen molar-refractivity contribution >= 4 is 35.2 Å². The van der Waals surface area contributed by atoms with Crippen molar-refractivity contribution in [2.45, 2.75) is 43.5 Å². The molecule has 2 unspecified atom stereocenters. The molecule has 144 valence electrons. The first-order valence-corrected chi connectivity index (χ1v) is 10.6. The number of thioether (sulfide) groups is 1. The monoisotopic (exact) mass is 387 g/mol. The van der Waals surface area contributed by atoms with E-state index in [4.69, 9.17) is 0 Å². The van der Waals surface area contributed by atoms with Gasteiger partial charge in [-0.15, -0.1) is 11.8 Å². The van der Waals surface area contributed by atoms with E-state index in [-0.39, 0.29) is 34.6 Å². The van der Waals surface area contributed by atoms with Gasteiger partial charge in [0.25, 0.3) is 0 Å². The molecule has 1 N–H and O–H groups in total. The van der Waals surface area contributed by atoms with Gasteiger partial charge in [0.05, 0.1) is 4.87 Å². The zero-order valence-electron chi connectivity index (χ0n) is 15.5. The number of piperidine rings is 1.